The molecule has 0 saturated heterocycles. The minimum Gasteiger partial charge on any atom is -0.434 e. The van der Waals surface area contributed by atoms with Gasteiger partial charge in [-0.1, -0.05) is 29.8 Å². The number of aldehydes is 1. The van der Waals surface area contributed by atoms with Crippen molar-refractivity contribution < 1.29 is 45.5 Å². The normalized spacial score (nSPS) is 17.7. The Labute approximate surface area is 241 Å². The van der Waals surface area contributed by atoms with Crippen LogP contribution in [0.4, 0.5) is 37.7 Å². The van der Waals surface area contributed by atoms with Crippen molar-refractivity contribution in [2.75, 3.05) is 9.80 Å². The summed E-state index contributed by atoms with van der Waals surface area (Å²) in [4.78, 5) is 40.3. The summed E-state index contributed by atoms with van der Waals surface area (Å²) in [5.41, 5.74) is -2.97. The lowest BCUT2D eigenvalue weighted by molar-refractivity contribution is -0.149. The number of esters is 1. The molecular formula is C29H23ClF6N2O4. The molecule has 3 atom stereocenters. The number of benzene rings is 3. The lowest BCUT2D eigenvalue weighted by Gasteiger charge is -2.45. The molecule has 6 nitrogen and oxygen atoms in total. The molecule has 0 radical (unpaired) electrons. The molecule has 1 heterocycles. The summed E-state index contributed by atoms with van der Waals surface area (Å²) in [5, 5.41) is 0.391. The highest BCUT2D eigenvalue weighted by molar-refractivity contribution is 6.30. The van der Waals surface area contributed by atoms with Gasteiger partial charge in [0.25, 0.3) is 5.91 Å². The van der Waals surface area contributed by atoms with E-state index in [4.69, 9.17) is 16.3 Å². The second kappa shape index (κ2) is 11.7. The van der Waals surface area contributed by atoms with Crippen molar-refractivity contribution in [2.45, 2.75) is 50.9 Å². The van der Waals surface area contributed by atoms with Crippen LogP contribution in [-0.4, -0.2) is 30.4 Å². The van der Waals surface area contributed by atoms with Crippen LogP contribution in [0.5, 0.6) is 0 Å². The van der Waals surface area contributed by atoms with Crippen molar-refractivity contribution in [3.05, 3.63) is 94.0 Å². The minimum atomic E-state index is -5.13. The Morgan fingerprint density at radius 3 is 2.07 bits per heavy atom. The summed E-state index contributed by atoms with van der Waals surface area (Å²) in [5.74, 6) is -1.82. The third-order valence-electron chi connectivity index (χ3n) is 6.75. The van der Waals surface area contributed by atoms with E-state index >= 15 is 0 Å². The van der Waals surface area contributed by atoms with Gasteiger partial charge in [0.05, 0.1) is 17.2 Å². The van der Waals surface area contributed by atoms with Gasteiger partial charge in [-0.15, -0.1) is 0 Å². The Balaban J connectivity index is 1.85. The lowest BCUT2D eigenvalue weighted by Crippen LogP contribution is -2.50. The summed E-state index contributed by atoms with van der Waals surface area (Å²) >= 11 is 6.04. The Bertz CT molecular complexity index is 1460. The van der Waals surface area contributed by atoms with Crippen molar-refractivity contribution in [3.8, 4) is 0 Å². The molecule has 1 aliphatic rings. The van der Waals surface area contributed by atoms with E-state index in [1.165, 1.54) is 11.0 Å². The second-order valence-electron chi connectivity index (χ2n) is 9.65. The molecule has 222 valence electrons. The van der Waals surface area contributed by atoms with Gasteiger partial charge in [-0.3, -0.25) is 14.4 Å². The zero-order chi connectivity index (χ0) is 31.0. The standard InChI is InChI=1S/C29H23ClF6N2O4/c1-16-11-25(38(26(15-39)42-17(2)40)22-9-7-21(30)8-10-22)23-5-3-4-6-24(23)37(16)27(41)18-12-19(28(31,32)33)14-20(13-18)29(34,35)36/h3-10,12-16,25-26H,11H2,1-2H3/t16-,25+,26?/m0/s1. The molecule has 0 fully saturated rings. The zero-order valence-electron chi connectivity index (χ0n) is 22.0. The number of para-hydroxylation sites is 1. The largest absolute Gasteiger partial charge is 0.434 e. The molecular weight excluding hydrogens is 590 g/mol. The van der Waals surface area contributed by atoms with Gasteiger partial charge in [-0.25, -0.2) is 0 Å². The number of ether oxygens (including phenoxy) is 1. The molecule has 0 saturated carbocycles. The number of amides is 1. The summed E-state index contributed by atoms with van der Waals surface area (Å²) in [7, 11) is 0. The van der Waals surface area contributed by atoms with E-state index in [0.29, 0.717) is 34.7 Å². The van der Waals surface area contributed by atoms with E-state index in [0.717, 1.165) is 11.8 Å². The summed E-state index contributed by atoms with van der Waals surface area (Å²) in [6.45, 7) is 2.69. The SMILES string of the molecule is CC(=O)OC(C=O)N(c1ccc(Cl)cc1)[C@@H]1C[C@H](C)N(C(=O)c2cc(C(F)(F)F)cc(C(F)(F)F)c2)c2ccccc21. The molecule has 42 heavy (non-hydrogen) atoms. The Kier molecular flexibility index (Phi) is 8.58. The number of halogens is 7. The molecule has 4 rings (SSSR count). The topological polar surface area (TPSA) is 66.9 Å². The van der Waals surface area contributed by atoms with Crippen molar-refractivity contribution >= 4 is 41.1 Å². The predicted molar refractivity (Wildman–Crippen MR) is 142 cm³/mol. The van der Waals surface area contributed by atoms with E-state index in [1.54, 1.807) is 49.4 Å². The molecule has 0 aromatic heterocycles. The highest BCUT2D eigenvalue weighted by Gasteiger charge is 2.42. The molecule has 3 aromatic rings. The van der Waals surface area contributed by atoms with Gasteiger partial charge in [0, 0.05) is 34.9 Å². The highest BCUT2D eigenvalue weighted by atomic mass is 35.5. The number of rotatable bonds is 6. The molecule has 0 N–H and O–H groups in total. The fourth-order valence-electron chi connectivity index (χ4n) is 5.01. The number of hydrogen-bond acceptors (Lipinski definition) is 5. The summed E-state index contributed by atoms with van der Waals surface area (Å²) in [6, 6.07) is 11.8. The number of nitrogens with zero attached hydrogens (tertiary/aromatic N) is 2. The van der Waals surface area contributed by atoms with Crippen LogP contribution in [0.3, 0.4) is 0 Å². The van der Waals surface area contributed by atoms with Gasteiger partial charge in [0.15, 0.2) is 6.29 Å². The smallest absolute Gasteiger partial charge is 0.416 e. The fourth-order valence-corrected chi connectivity index (χ4v) is 5.14. The van der Waals surface area contributed by atoms with E-state index in [2.05, 4.69) is 0 Å². The molecule has 1 aliphatic heterocycles. The quantitative estimate of drug-likeness (QED) is 0.125. The average molecular weight is 613 g/mol. The third kappa shape index (κ3) is 6.38. The van der Waals surface area contributed by atoms with E-state index in [-0.39, 0.29) is 18.2 Å². The Hall–Kier alpha value is -4.06. The van der Waals surface area contributed by atoms with Gasteiger partial charge in [0.2, 0.25) is 6.23 Å². The molecule has 0 spiro atoms. The van der Waals surface area contributed by atoms with Crippen molar-refractivity contribution in [1.82, 2.24) is 0 Å². The number of fused-ring (bicyclic) bond motifs is 1. The van der Waals surface area contributed by atoms with Crippen molar-refractivity contribution in [3.63, 3.8) is 0 Å². The summed E-state index contributed by atoms with van der Waals surface area (Å²) in [6.07, 6.45) is -11.2. The van der Waals surface area contributed by atoms with E-state index in [9.17, 15) is 40.7 Å². The lowest BCUT2D eigenvalue weighted by atomic mass is 9.89. The van der Waals surface area contributed by atoms with E-state index in [1.807, 2.05) is 0 Å². The van der Waals surface area contributed by atoms with Crippen LogP contribution in [-0.2, 0) is 26.7 Å². The number of carbonyl (C=O) groups is 3. The van der Waals surface area contributed by atoms with Gasteiger partial charge in [0.1, 0.15) is 0 Å². The summed E-state index contributed by atoms with van der Waals surface area (Å²) < 4.78 is 86.4. The minimum absolute atomic E-state index is 0.0427. The van der Waals surface area contributed by atoms with Crippen LogP contribution in [0.25, 0.3) is 0 Å². The Morgan fingerprint density at radius 2 is 1.55 bits per heavy atom. The molecule has 0 bridgehead atoms. The van der Waals surface area contributed by atoms with Gasteiger partial charge < -0.3 is 14.5 Å². The van der Waals surface area contributed by atoms with Crippen LogP contribution in [0.1, 0.15) is 53.4 Å². The maximum absolute atomic E-state index is 13.7. The molecule has 0 aliphatic carbocycles. The maximum Gasteiger partial charge on any atom is 0.416 e. The van der Waals surface area contributed by atoms with Gasteiger partial charge >= 0.3 is 18.3 Å². The molecule has 3 aromatic carbocycles. The first-order valence-corrected chi connectivity index (χ1v) is 12.9. The number of carbonyl (C=O) groups excluding carboxylic acids is 3. The van der Waals surface area contributed by atoms with Crippen molar-refractivity contribution in [1.29, 1.82) is 0 Å². The molecule has 13 heteroatoms. The van der Waals surface area contributed by atoms with Crippen LogP contribution in [0.2, 0.25) is 5.02 Å². The Morgan fingerprint density at radius 1 is 0.976 bits per heavy atom. The van der Waals surface area contributed by atoms with Crippen LogP contribution >= 0.6 is 11.6 Å². The monoisotopic (exact) mass is 612 g/mol. The fraction of sp³-hybridized carbons (Fsp3) is 0.276. The van der Waals surface area contributed by atoms with E-state index < -0.39 is 59.2 Å². The average Bonchev–Trinajstić information content (AvgIpc) is 2.92. The third-order valence-corrected chi connectivity index (χ3v) is 7.00. The van der Waals surface area contributed by atoms with Crippen LogP contribution in [0.15, 0.2) is 66.7 Å². The van der Waals surface area contributed by atoms with Crippen LogP contribution in [0, 0.1) is 0 Å². The zero-order valence-corrected chi connectivity index (χ0v) is 22.8. The first-order valence-electron chi connectivity index (χ1n) is 12.5. The maximum atomic E-state index is 13.7. The van der Waals surface area contributed by atoms with Crippen LogP contribution < -0.4 is 9.80 Å². The molecule has 1 unspecified atom stereocenters. The first kappa shape index (κ1) is 30.9. The highest BCUT2D eigenvalue weighted by Crippen LogP contribution is 2.44. The molecule has 1 amide bonds. The van der Waals surface area contributed by atoms with Crippen molar-refractivity contribution in [2.24, 2.45) is 0 Å². The first-order chi connectivity index (χ1) is 19.6. The number of hydrogen-bond donors (Lipinski definition) is 0. The van der Waals surface area contributed by atoms with Gasteiger partial charge in [-0.05, 0) is 67.4 Å². The predicted octanol–water partition coefficient (Wildman–Crippen LogP) is 7.45. The second-order valence-corrected chi connectivity index (χ2v) is 10.1. The number of alkyl halides is 6. The van der Waals surface area contributed by atoms with Gasteiger partial charge in [-0.2, -0.15) is 26.3 Å². The number of anilines is 2.